The molecule has 1 unspecified atom stereocenters. The molecule has 1 saturated heterocycles. The van der Waals surface area contributed by atoms with Crippen molar-refractivity contribution in [2.24, 2.45) is 0 Å². The molecular weight excluding hydrogens is 390 g/mol. The first-order chi connectivity index (χ1) is 14.8. The van der Waals surface area contributed by atoms with Crippen molar-refractivity contribution in [3.8, 4) is 0 Å². The van der Waals surface area contributed by atoms with E-state index >= 15 is 0 Å². The Morgan fingerprint density at radius 1 is 1.13 bits per heavy atom. The molecule has 0 spiro atoms. The van der Waals surface area contributed by atoms with Crippen LogP contribution in [0, 0.1) is 6.92 Å². The number of aryl methyl sites for hydroxylation is 1. The molecule has 8 heteroatoms. The molecule has 1 fully saturated rings. The second-order valence-electron chi connectivity index (χ2n) is 9.54. The molecule has 0 amide bonds. The standard InChI is InChI=1S/C23H33N7O/c1-6-9-28-10-12-29(13-11-28)20(21-25-26-27-30(21)23(3,4)5)18-15-17-14-16(2)7-8-19(17)24-22(18)31/h7-8,14-15,20H,6,9-13H2,1-5H3,(H,24,31). The number of aromatic amines is 1. The summed E-state index contributed by atoms with van der Waals surface area (Å²) in [6, 6.07) is 7.81. The van der Waals surface area contributed by atoms with Gasteiger partial charge in [-0.25, -0.2) is 4.68 Å². The van der Waals surface area contributed by atoms with Crippen molar-refractivity contribution in [3.63, 3.8) is 0 Å². The molecule has 8 nitrogen and oxygen atoms in total. The highest BCUT2D eigenvalue weighted by molar-refractivity contribution is 5.79. The Kier molecular flexibility index (Phi) is 5.94. The van der Waals surface area contributed by atoms with Crippen LogP contribution >= 0.6 is 0 Å². The second-order valence-corrected chi connectivity index (χ2v) is 9.54. The van der Waals surface area contributed by atoms with Gasteiger partial charge in [0.15, 0.2) is 5.82 Å². The molecular formula is C23H33N7O. The van der Waals surface area contributed by atoms with Gasteiger partial charge in [-0.3, -0.25) is 9.69 Å². The van der Waals surface area contributed by atoms with Crippen LogP contribution in [0.25, 0.3) is 10.9 Å². The molecule has 3 heterocycles. The van der Waals surface area contributed by atoms with Crippen molar-refractivity contribution in [1.29, 1.82) is 0 Å². The first-order valence-electron chi connectivity index (χ1n) is 11.2. The van der Waals surface area contributed by atoms with E-state index in [1.807, 2.05) is 22.9 Å². The predicted molar refractivity (Wildman–Crippen MR) is 122 cm³/mol. The fourth-order valence-electron chi connectivity index (χ4n) is 4.45. The number of hydrogen-bond donors (Lipinski definition) is 1. The summed E-state index contributed by atoms with van der Waals surface area (Å²) in [5, 5.41) is 13.7. The number of nitrogens with one attached hydrogen (secondary N) is 1. The maximum absolute atomic E-state index is 13.3. The number of aromatic nitrogens is 5. The van der Waals surface area contributed by atoms with Gasteiger partial charge in [0, 0.05) is 37.3 Å². The van der Waals surface area contributed by atoms with Crippen LogP contribution in [0.2, 0.25) is 0 Å². The Labute approximate surface area is 183 Å². The number of rotatable bonds is 5. The monoisotopic (exact) mass is 423 g/mol. The SMILES string of the molecule is CCCN1CCN(C(c2cc3cc(C)ccc3[nH]c2=O)c2nnnn2C(C)(C)C)CC1. The van der Waals surface area contributed by atoms with Crippen molar-refractivity contribution in [3.05, 3.63) is 51.6 Å². The maximum Gasteiger partial charge on any atom is 0.253 e. The van der Waals surface area contributed by atoms with Crippen molar-refractivity contribution in [1.82, 2.24) is 35.0 Å². The number of H-pyrrole nitrogens is 1. The minimum absolute atomic E-state index is 0.0826. The third-order valence-corrected chi connectivity index (χ3v) is 6.01. The van der Waals surface area contributed by atoms with Crippen LogP contribution in [0.5, 0.6) is 0 Å². The summed E-state index contributed by atoms with van der Waals surface area (Å²) < 4.78 is 1.86. The van der Waals surface area contributed by atoms with Gasteiger partial charge in [0.1, 0.15) is 6.04 Å². The fraction of sp³-hybridized carbons (Fsp3) is 0.565. The van der Waals surface area contributed by atoms with Gasteiger partial charge in [0.2, 0.25) is 0 Å². The molecule has 0 saturated carbocycles. The van der Waals surface area contributed by atoms with Crippen LogP contribution in [-0.2, 0) is 5.54 Å². The van der Waals surface area contributed by atoms with Gasteiger partial charge in [-0.05, 0) is 74.7 Å². The number of hydrogen-bond acceptors (Lipinski definition) is 6. The van der Waals surface area contributed by atoms with E-state index in [9.17, 15) is 4.79 Å². The topological polar surface area (TPSA) is 82.9 Å². The van der Waals surface area contributed by atoms with Crippen molar-refractivity contribution >= 4 is 10.9 Å². The molecule has 4 rings (SSSR count). The Hall–Kier alpha value is -2.58. The second kappa shape index (κ2) is 8.51. The van der Waals surface area contributed by atoms with E-state index in [0.717, 1.165) is 55.6 Å². The van der Waals surface area contributed by atoms with Crippen LogP contribution in [0.1, 0.15) is 57.1 Å². The maximum atomic E-state index is 13.3. The lowest BCUT2D eigenvalue weighted by Crippen LogP contribution is -2.49. The first kappa shape index (κ1) is 21.6. The van der Waals surface area contributed by atoms with E-state index in [0.29, 0.717) is 11.4 Å². The lowest BCUT2D eigenvalue weighted by molar-refractivity contribution is 0.102. The average molecular weight is 424 g/mol. The number of nitrogens with zero attached hydrogens (tertiary/aromatic N) is 6. The Morgan fingerprint density at radius 3 is 2.55 bits per heavy atom. The molecule has 0 bridgehead atoms. The summed E-state index contributed by atoms with van der Waals surface area (Å²) in [4.78, 5) is 21.2. The summed E-state index contributed by atoms with van der Waals surface area (Å²) in [5.41, 5.74) is 2.33. The van der Waals surface area contributed by atoms with E-state index in [2.05, 4.69) is 71.0 Å². The van der Waals surface area contributed by atoms with E-state index in [-0.39, 0.29) is 17.1 Å². The van der Waals surface area contributed by atoms with Crippen LogP contribution in [0.15, 0.2) is 29.1 Å². The lowest BCUT2D eigenvalue weighted by atomic mass is 10.0. The number of benzene rings is 1. The summed E-state index contributed by atoms with van der Waals surface area (Å²) in [7, 11) is 0. The lowest BCUT2D eigenvalue weighted by Gasteiger charge is -2.39. The molecule has 0 radical (unpaired) electrons. The number of pyridine rings is 1. The van der Waals surface area contributed by atoms with Gasteiger partial charge in [0.25, 0.3) is 5.56 Å². The molecule has 1 aliphatic rings. The largest absolute Gasteiger partial charge is 0.322 e. The highest BCUT2D eigenvalue weighted by Gasteiger charge is 2.34. The Balaban J connectivity index is 1.82. The van der Waals surface area contributed by atoms with Crippen molar-refractivity contribution < 1.29 is 0 Å². The minimum Gasteiger partial charge on any atom is -0.322 e. The zero-order valence-corrected chi connectivity index (χ0v) is 19.2. The van der Waals surface area contributed by atoms with E-state index < -0.39 is 0 Å². The molecule has 31 heavy (non-hydrogen) atoms. The highest BCUT2D eigenvalue weighted by atomic mass is 16.1. The van der Waals surface area contributed by atoms with Gasteiger partial charge in [-0.2, -0.15) is 0 Å². The zero-order valence-electron chi connectivity index (χ0n) is 19.2. The number of fused-ring (bicyclic) bond motifs is 1. The average Bonchev–Trinajstić information content (AvgIpc) is 3.20. The predicted octanol–water partition coefficient (Wildman–Crippen LogP) is 2.70. The van der Waals surface area contributed by atoms with Gasteiger partial charge in [-0.15, -0.1) is 5.10 Å². The number of tetrazole rings is 1. The van der Waals surface area contributed by atoms with Gasteiger partial charge in [-0.1, -0.05) is 18.6 Å². The Morgan fingerprint density at radius 2 is 1.87 bits per heavy atom. The summed E-state index contributed by atoms with van der Waals surface area (Å²) in [6.07, 6.45) is 1.15. The van der Waals surface area contributed by atoms with Gasteiger partial charge in [0.05, 0.1) is 5.54 Å². The molecule has 1 atom stereocenters. The molecule has 1 aliphatic heterocycles. The molecule has 166 valence electrons. The summed E-state index contributed by atoms with van der Waals surface area (Å²) >= 11 is 0. The van der Waals surface area contributed by atoms with E-state index in [4.69, 9.17) is 0 Å². The minimum atomic E-state index is -0.299. The molecule has 1 N–H and O–H groups in total. The molecule has 0 aliphatic carbocycles. The molecule has 1 aromatic carbocycles. The Bertz CT molecular complexity index is 1100. The van der Waals surface area contributed by atoms with Crippen molar-refractivity contribution in [2.45, 2.75) is 52.6 Å². The van der Waals surface area contributed by atoms with Crippen LogP contribution in [0.4, 0.5) is 0 Å². The highest BCUT2D eigenvalue weighted by Crippen LogP contribution is 2.30. The van der Waals surface area contributed by atoms with E-state index in [1.165, 1.54) is 0 Å². The summed E-state index contributed by atoms with van der Waals surface area (Å²) in [5.74, 6) is 0.717. The fourth-order valence-corrected chi connectivity index (χ4v) is 4.45. The third kappa shape index (κ3) is 4.41. The van der Waals surface area contributed by atoms with E-state index in [1.54, 1.807) is 0 Å². The van der Waals surface area contributed by atoms with Crippen LogP contribution in [-0.4, -0.2) is 67.7 Å². The molecule has 3 aromatic rings. The van der Waals surface area contributed by atoms with Gasteiger partial charge < -0.3 is 9.88 Å². The van der Waals surface area contributed by atoms with Crippen LogP contribution < -0.4 is 5.56 Å². The zero-order chi connectivity index (χ0) is 22.2. The first-order valence-corrected chi connectivity index (χ1v) is 11.2. The quantitative estimate of drug-likeness (QED) is 0.679. The normalized spacial score (nSPS) is 17.3. The molecule has 2 aromatic heterocycles. The smallest absolute Gasteiger partial charge is 0.253 e. The van der Waals surface area contributed by atoms with Crippen LogP contribution in [0.3, 0.4) is 0 Å². The third-order valence-electron chi connectivity index (χ3n) is 6.01. The summed E-state index contributed by atoms with van der Waals surface area (Å²) in [6.45, 7) is 15.3. The van der Waals surface area contributed by atoms with Gasteiger partial charge >= 0.3 is 0 Å². The van der Waals surface area contributed by atoms with Crippen molar-refractivity contribution in [2.75, 3.05) is 32.7 Å². The number of piperazine rings is 1.